The molecule has 0 unspecified atom stereocenters. The molecule has 0 aromatic carbocycles. The zero-order chi connectivity index (χ0) is 9.69. The van der Waals surface area contributed by atoms with E-state index in [0.29, 0.717) is 24.8 Å². The molecule has 1 aliphatic carbocycles. The monoisotopic (exact) mass is 204 g/mol. The summed E-state index contributed by atoms with van der Waals surface area (Å²) >= 11 is 0. The Morgan fingerprint density at radius 2 is 2.00 bits per heavy atom. The maximum absolute atomic E-state index is 11.6. The van der Waals surface area contributed by atoms with Crippen LogP contribution in [0.2, 0.25) is 0 Å². The van der Waals surface area contributed by atoms with E-state index in [9.17, 15) is 8.42 Å². The predicted molar refractivity (Wildman–Crippen MR) is 50.7 cm³/mol. The number of nitrogens with zero attached hydrogens (tertiary/aromatic N) is 1. The van der Waals surface area contributed by atoms with Gasteiger partial charge in [0.25, 0.3) is 0 Å². The van der Waals surface area contributed by atoms with Gasteiger partial charge in [0.1, 0.15) is 0 Å². The van der Waals surface area contributed by atoms with Crippen molar-refractivity contribution in [3.63, 3.8) is 0 Å². The Labute approximate surface area is 79.1 Å². The van der Waals surface area contributed by atoms with Gasteiger partial charge in [0, 0.05) is 18.6 Å². The molecule has 1 saturated carbocycles. The second-order valence-corrected chi connectivity index (χ2v) is 6.66. The lowest BCUT2D eigenvalue weighted by molar-refractivity contribution is 0.176. The highest BCUT2D eigenvalue weighted by Crippen LogP contribution is 2.33. The van der Waals surface area contributed by atoms with Gasteiger partial charge in [-0.15, -0.1) is 0 Å². The van der Waals surface area contributed by atoms with Crippen molar-refractivity contribution >= 4 is 10.0 Å². The first-order chi connectivity index (χ1) is 5.89. The number of nitrogens with two attached hydrogens (primary N) is 1. The maximum atomic E-state index is 11.6. The van der Waals surface area contributed by atoms with Crippen LogP contribution in [0, 0.1) is 5.92 Å². The average molecular weight is 204 g/mol. The fraction of sp³-hybridized carbons (Fsp3) is 1.00. The van der Waals surface area contributed by atoms with E-state index in [0.717, 1.165) is 12.8 Å². The Hall–Kier alpha value is -0.130. The van der Waals surface area contributed by atoms with Crippen LogP contribution in [0.3, 0.4) is 0 Å². The van der Waals surface area contributed by atoms with Gasteiger partial charge in [-0.05, 0) is 25.7 Å². The zero-order valence-electron chi connectivity index (χ0n) is 7.86. The van der Waals surface area contributed by atoms with Crippen LogP contribution in [-0.4, -0.2) is 37.1 Å². The summed E-state index contributed by atoms with van der Waals surface area (Å²) in [5, 5.41) is 0. The second kappa shape index (κ2) is 2.68. The van der Waals surface area contributed by atoms with Crippen molar-refractivity contribution in [1.29, 1.82) is 0 Å². The smallest absolute Gasteiger partial charge is 0.214 e. The van der Waals surface area contributed by atoms with Crippen molar-refractivity contribution in [2.24, 2.45) is 11.7 Å². The Balaban J connectivity index is 1.93. The van der Waals surface area contributed by atoms with Crippen LogP contribution < -0.4 is 5.73 Å². The highest BCUT2D eigenvalue weighted by Gasteiger charge is 2.43. The van der Waals surface area contributed by atoms with Crippen molar-refractivity contribution in [3.8, 4) is 0 Å². The minimum Gasteiger partial charge on any atom is -0.323 e. The van der Waals surface area contributed by atoms with Gasteiger partial charge < -0.3 is 5.73 Å². The highest BCUT2D eigenvalue weighted by molar-refractivity contribution is 7.89. The molecule has 1 heterocycles. The summed E-state index contributed by atoms with van der Waals surface area (Å²) in [6, 6.07) is 0. The molecular weight excluding hydrogens is 188 g/mol. The molecule has 0 amide bonds. The van der Waals surface area contributed by atoms with Gasteiger partial charge in [0.05, 0.1) is 5.75 Å². The first-order valence-electron chi connectivity index (χ1n) is 4.66. The maximum Gasteiger partial charge on any atom is 0.214 e. The summed E-state index contributed by atoms with van der Waals surface area (Å²) in [6.45, 7) is 2.86. The fourth-order valence-corrected chi connectivity index (χ4v) is 3.77. The third kappa shape index (κ3) is 2.03. The van der Waals surface area contributed by atoms with Crippen LogP contribution in [0.5, 0.6) is 0 Å². The predicted octanol–water partition coefficient (Wildman–Crippen LogP) is -0.241. The lowest BCUT2D eigenvalue weighted by Gasteiger charge is -2.44. The molecule has 0 bridgehead atoms. The molecule has 2 fully saturated rings. The van der Waals surface area contributed by atoms with E-state index in [4.69, 9.17) is 5.73 Å². The minimum atomic E-state index is -2.98. The van der Waals surface area contributed by atoms with E-state index in [1.54, 1.807) is 0 Å². The third-order valence-corrected chi connectivity index (χ3v) is 4.55. The van der Waals surface area contributed by atoms with Gasteiger partial charge in [-0.25, -0.2) is 8.42 Å². The minimum absolute atomic E-state index is 0.295. The number of hydrogen-bond donors (Lipinski definition) is 1. The van der Waals surface area contributed by atoms with Crippen molar-refractivity contribution in [1.82, 2.24) is 4.31 Å². The van der Waals surface area contributed by atoms with Crippen molar-refractivity contribution in [2.75, 3.05) is 18.8 Å². The van der Waals surface area contributed by atoms with Gasteiger partial charge in [0.15, 0.2) is 0 Å². The lowest BCUT2D eigenvalue weighted by Crippen LogP contribution is -2.67. The molecule has 5 heteroatoms. The second-order valence-electron chi connectivity index (χ2n) is 4.64. The van der Waals surface area contributed by atoms with E-state index in [2.05, 4.69) is 0 Å². The van der Waals surface area contributed by atoms with E-state index < -0.39 is 10.0 Å². The average Bonchev–Trinajstić information content (AvgIpc) is 2.65. The summed E-state index contributed by atoms with van der Waals surface area (Å²) in [4.78, 5) is 0. The van der Waals surface area contributed by atoms with Gasteiger partial charge in [-0.2, -0.15) is 4.31 Å². The Morgan fingerprint density at radius 3 is 2.38 bits per heavy atom. The molecule has 2 rings (SSSR count). The largest absolute Gasteiger partial charge is 0.323 e. The SMILES string of the molecule is CC1(N)CN(S(=O)(=O)CC2CC2)C1. The molecule has 0 aromatic rings. The summed E-state index contributed by atoms with van der Waals surface area (Å²) < 4.78 is 24.7. The molecule has 0 radical (unpaired) electrons. The van der Waals surface area contributed by atoms with Gasteiger partial charge >= 0.3 is 0 Å². The van der Waals surface area contributed by atoms with Crippen LogP contribution in [0.15, 0.2) is 0 Å². The number of hydrogen-bond acceptors (Lipinski definition) is 3. The molecule has 2 aliphatic rings. The Kier molecular flexibility index (Phi) is 1.94. The summed E-state index contributed by atoms with van der Waals surface area (Å²) in [5.41, 5.74) is 5.45. The normalized spacial score (nSPS) is 28.5. The van der Waals surface area contributed by atoms with Crippen LogP contribution in [-0.2, 0) is 10.0 Å². The van der Waals surface area contributed by atoms with E-state index in [1.165, 1.54) is 4.31 Å². The highest BCUT2D eigenvalue weighted by atomic mass is 32.2. The van der Waals surface area contributed by atoms with Crippen LogP contribution in [0.25, 0.3) is 0 Å². The van der Waals surface area contributed by atoms with E-state index in [-0.39, 0.29) is 5.54 Å². The van der Waals surface area contributed by atoms with Crippen molar-refractivity contribution in [2.45, 2.75) is 25.3 Å². The molecule has 0 aromatic heterocycles. The fourth-order valence-electron chi connectivity index (χ4n) is 1.64. The van der Waals surface area contributed by atoms with Crippen LogP contribution in [0.4, 0.5) is 0 Å². The van der Waals surface area contributed by atoms with Crippen molar-refractivity contribution < 1.29 is 8.42 Å². The molecule has 76 valence electrons. The third-order valence-electron chi connectivity index (χ3n) is 2.61. The first-order valence-corrected chi connectivity index (χ1v) is 6.27. The quantitative estimate of drug-likeness (QED) is 0.690. The van der Waals surface area contributed by atoms with Crippen LogP contribution >= 0.6 is 0 Å². The molecule has 0 spiro atoms. The standard InChI is InChI=1S/C8H16N2O2S/c1-8(9)5-10(6-8)13(11,12)4-7-2-3-7/h7H,2-6,9H2,1H3. The molecule has 1 saturated heterocycles. The molecule has 2 N–H and O–H groups in total. The summed E-state index contributed by atoms with van der Waals surface area (Å²) in [5.74, 6) is 0.762. The molecule has 1 aliphatic heterocycles. The van der Waals surface area contributed by atoms with E-state index >= 15 is 0 Å². The van der Waals surface area contributed by atoms with Crippen LogP contribution in [0.1, 0.15) is 19.8 Å². The molecule has 13 heavy (non-hydrogen) atoms. The summed E-state index contributed by atoms with van der Waals surface area (Å²) in [6.07, 6.45) is 2.15. The van der Waals surface area contributed by atoms with Gasteiger partial charge in [-0.1, -0.05) is 0 Å². The number of sulfonamides is 1. The first kappa shape index (κ1) is 9.43. The molecule has 4 nitrogen and oxygen atoms in total. The zero-order valence-corrected chi connectivity index (χ0v) is 8.68. The lowest BCUT2D eigenvalue weighted by atomic mass is 9.97. The van der Waals surface area contributed by atoms with Gasteiger partial charge in [-0.3, -0.25) is 0 Å². The summed E-state index contributed by atoms with van der Waals surface area (Å²) in [7, 11) is -2.98. The topological polar surface area (TPSA) is 63.4 Å². The Bertz CT molecular complexity index is 298. The van der Waals surface area contributed by atoms with Gasteiger partial charge in [0.2, 0.25) is 10.0 Å². The molecular formula is C8H16N2O2S. The van der Waals surface area contributed by atoms with E-state index in [1.807, 2.05) is 6.92 Å². The molecule has 0 atom stereocenters. The Morgan fingerprint density at radius 1 is 1.46 bits per heavy atom. The number of rotatable bonds is 3. The van der Waals surface area contributed by atoms with Crippen molar-refractivity contribution in [3.05, 3.63) is 0 Å².